The average molecular weight is 797 g/mol. The summed E-state index contributed by atoms with van der Waals surface area (Å²) in [5.41, 5.74) is 14.5. The fraction of sp³-hybridized carbons (Fsp3) is 0.556. The summed E-state index contributed by atoms with van der Waals surface area (Å²) >= 11 is 0. The van der Waals surface area contributed by atoms with E-state index in [1.54, 1.807) is 6.92 Å². The molecule has 0 heterocycles. The quantitative estimate of drug-likeness (QED) is 0.0503. The van der Waals surface area contributed by atoms with Crippen molar-refractivity contribution in [2.75, 3.05) is 0 Å². The second-order valence-electron chi connectivity index (χ2n) is 17.3. The highest BCUT2D eigenvalue weighted by molar-refractivity contribution is 5.58. The number of aliphatic hydroxyl groups is 2. The Morgan fingerprint density at radius 1 is 0.345 bits per heavy atom. The maximum absolute atomic E-state index is 10.7. The summed E-state index contributed by atoms with van der Waals surface area (Å²) < 4.78 is 0. The molecule has 0 radical (unpaired) electrons. The lowest BCUT2D eigenvalue weighted by molar-refractivity contribution is 0.249. The molecule has 0 aliphatic rings. The van der Waals surface area contributed by atoms with Gasteiger partial charge in [0.25, 0.3) is 0 Å². The van der Waals surface area contributed by atoms with Crippen molar-refractivity contribution < 1.29 is 20.4 Å². The fourth-order valence-corrected chi connectivity index (χ4v) is 7.11. The first kappa shape index (κ1) is 52.4. The summed E-state index contributed by atoms with van der Waals surface area (Å²) in [6, 6.07) is 0. The van der Waals surface area contributed by atoms with Crippen LogP contribution < -0.4 is 0 Å². The number of phenols is 2. The van der Waals surface area contributed by atoms with Crippen molar-refractivity contribution >= 4 is 0 Å². The summed E-state index contributed by atoms with van der Waals surface area (Å²) in [5.74, 6) is -0.0981. The van der Waals surface area contributed by atoms with Crippen molar-refractivity contribution in [2.24, 2.45) is 0 Å². The zero-order valence-electron chi connectivity index (χ0n) is 38.9. The van der Waals surface area contributed by atoms with Crippen molar-refractivity contribution in [3.05, 3.63) is 127 Å². The lowest BCUT2D eigenvalue weighted by Crippen LogP contribution is -2.02. The Morgan fingerprint density at radius 3 is 0.845 bits per heavy atom. The molecule has 0 aliphatic carbocycles. The maximum atomic E-state index is 10.7. The van der Waals surface area contributed by atoms with Gasteiger partial charge in [-0.05, 0) is 191 Å². The molecule has 0 aromatic heterocycles. The zero-order chi connectivity index (χ0) is 43.5. The normalized spacial score (nSPS) is 14.2. The van der Waals surface area contributed by atoms with E-state index < -0.39 is 13.2 Å². The van der Waals surface area contributed by atoms with Crippen LogP contribution in [0.3, 0.4) is 0 Å². The van der Waals surface area contributed by atoms with Crippen molar-refractivity contribution in [3.8, 4) is 11.5 Å². The van der Waals surface area contributed by atoms with Crippen molar-refractivity contribution in [2.45, 2.75) is 199 Å². The van der Waals surface area contributed by atoms with E-state index in [4.69, 9.17) is 0 Å². The van der Waals surface area contributed by atoms with Gasteiger partial charge in [0.15, 0.2) is 0 Å². The van der Waals surface area contributed by atoms with Crippen LogP contribution in [0, 0.1) is 6.92 Å². The van der Waals surface area contributed by atoms with Crippen LogP contribution in [0.1, 0.15) is 194 Å². The highest BCUT2D eigenvalue weighted by Gasteiger charge is 2.19. The summed E-state index contributed by atoms with van der Waals surface area (Å²) in [4.78, 5) is 0. The SMILES string of the molecule is CC(C)=CCC/C(C)=C/CC/C(C)=C/CC/C(C)=C/CC/C(C)=C/CC/C(C)=C/CC/C(C)=C/CC/C(C)=C/CC/C(C)=C/Cc1c(C)c(O)c(CO)c(CO)c1O. The fourth-order valence-electron chi connectivity index (χ4n) is 7.11. The molecule has 4 N–H and O–H groups in total. The topological polar surface area (TPSA) is 80.9 Å². The molecular weight excluding hydrogens is 713 g/mol. The second-order valence-corrected chi connectivity index (χ2v) is 17.3. The molecule has 4 nitrogen and oxygen atoms in total. The van der Waals surface area contributed by atoms with Crippen LogP contribution in [0.15, 0.2) is 105 Å². The van der Waals surface area contributed by atoms with E-state index in [0.29, 0.717) is 17.5 Å². The van der Waals surface area contributed by atoms with Crippen molar-refractivity contribution in [3.63, 3.8) is 0 Å². The predicted octanol–water partition coefficient (Wildman–Crippen LogP) is 15.7. The third-order valence-electron chi connectivity index (χ3n) is 11.3. The minimum atomic E-state index is -0.437. The molecule has 0 saturated heterocycles. The van der Waals surface area contributed by atoms with E-state index in [2.05, 4.69) is 124 Å². The molecule has 58 heavy (non-hydrogen) atoms. The molecule has 0 aliphatic heterocycles. The first-order valence-electron chi connectivity index (χ1n) is 22.2. The first-order chi connectivity index (χ1) is 27.6. The van der Waals surface area contributed by atoms with Gasteiger partial charge in [-0.25, -0.2) is 0 Å². The van der Waals surface area contributed by atoms with Crippen LogP contribution >= 0.6 is 0 Å². The van der Waals surface area contributed by atoms with Gasteiger partial charge in [-0.2, -0.15) is 0 Å². The zero-order valence-corrected chi connectivity index (χ0v) is 38.9. The summed E-state index contributed by atoms with van der Waals surface area (Å²) in [5, 5.41) is 40.4. The van der Waals surface area contributed by atoms with Gasteiger partial charge in [0.2, 0.25) is 0 Å². The summed E-state index contributed by atoms with van der Waals surface area (Å²) in [6.45, 7) is 23.2. The Kier molecular flexibility index (Phi) is 27.5. The minimum Gasteiger partial charge on any atom is -0.507 e. The summed E-state index contributed by atoms with van der Waals surface area (Å²) in [7, 11) is 0. The largest absolute Gasteiger partial charge is 0.507 e. The Morgan fingerprint density at radius 2 is 0.586 bits per heavy atom. The van der Waals surface area contributed by atoms with Gasteiger partial charge >= 0.3 is 0 Å². The van der Waals surface area contributed by atoms with Crippen molar-refractivity contribution in [1.29, 1.82) is 0 Å². The van der Waals surface area contributed by atoms with Crippen LogP contribution in [0.5, 0.6) is 11.5 Å². The standard InChI is InChI=1S/C54H84O4/c1-40(2)20-12-21-41(3)22-13-23-42(4)24-14-25-43(5)26-15-27-44(6)28-16-29-45(7)30-17-31-46(8)32-18-33-47(9)34-19-35-48(10)36-37-50-49(11)53(57)51(38-55)52(39-56)54(50)58/h20,22,24,26,28,30,32,34,36,55-58H,12-19,21,23,25,27,29,31,33,35,37-39H2,1-11H3/b41-22+,42-24+,43-26+,44-28+,45-30+,46-32+,47-34+,48-36+. The third-order valence-corrected chi connectivity index (χ3v) is 11.3. The molecule has 0 fully saturated rings. The molecule has 4 heteroatoms. The number of allylic oxidation sites excluding steroid dienone is 18. The van der Waals surface area contributed by atoms with Crippen LogP contribution in [-0.4, -0.2) is 20.4 Å². The van der Waals surface area contributed by atoms with Gasteiger partial charge in [-0.1, -0.05) is 105 Å². The first-order valence-corrected chi connectivity index (χ1v) is 22.2. The van der Waals surface area contributed by atoms with E-state index in [-0.39, 0.29) is 22.6 Å². The lowest BCUT2D eigenvalue weighted by Gasteiger charge is -2.17. The Hall–Kier alpha value is -3.60. The van der Waals surface area contributed by atoms with Crippen LogP contribution in [0.4, 0.5) is 0 Å². The van der Waals surface area contributed by atoms with Gasteiger partial charge in [-0.15, -0.1) is 0 Å². The number of hydrogen-bond donors (Lipinski definition) is 4. The van der Waals surface area contributed by atoms with Gasteiger partial charge in [-0.3, -0.25) is 0 Å². The van der Waals surface area contributed by atoms with Gasteiger partial charge in [0.05, 0.1) is 13.2 Å². The molecule has 324 valence electrons. The van der Waals surface area contributed by atoms with E-state index in [0.717, 1.165) is 89.9 Å². The minimum absolute atomic E-state index is 0.0418. The van der Waals surface area contributed by atoms with E-state index in [1.807, 2.05) is 0 Å². The lowest BCUT2D eigenvalue weighted by atomic mass is 9.93. The average Bonchev–Trinajstić information content (AvgIpc) is 3.16. The number of aliphatic hydroxyl groups excluding tert-OH is 2. The van der Waals surface area contributed by atoms with Gasteiger partial charge < -0.3 is 20.4 Å². The van der Waals surface area contributed by atoms with Crippen LogP contribution in [-0.2, 0) is 19.6 Å². The number of rotatable bonds is 28. The molecule has 0 atom stereocenters. The monoisotopic (exact) mass is 797 g/mol. The molecule has 0 unspecified atom stereocenters. The molecule has 1 aromatic rings. The Labute approximate surface area is 356 Å². The number of benzene rings is 1. The highest BCUT2D eigenvalue weighted by atomic mass is 16.3. The molecular formula is C54H84O4. The predicted molar refractivity (Wildman–Crippen MR) is 253 cm³/mol. The molecule has 0 bridgehead atoms. The Balaban J connectivity index is 2.34. The van der Waals surface area contributed by atoms with Crippen LogP contribution in [0.25, 0.3) is 0 Å². The Bertz CT molecular complexity index is 1680. The number of hydrogen-bond acceptors (Lipinski definition) is 4. The molecule has 1 aromatic carbocycles. The molecule has 1 rings (SSSR count). The van der Waals surface area contributed by atoms with E-state index in [9.17, 15) is 20.4 Å². The summed E-state index contributed by atoms with van der Waals surface area (Å²) in [6.07, 6.45) is 39.5. The number of aromatic hydroxyl groups is 2. The van der Waals surface area contributed by atoms with Gasteiger partial charge in [0, 0.05) is 16.7 Å². The van der Waals surface area contributed by atoms with Gasteiger partial charge in [0.1, 0.15) is 11.5 Å². The van der Waals surface area contributed by atoms with E-state index in [1.165, 1.54) is 63.0 Å². The molecule has 0 amide bonds. The van der Waals surface area contributed by atoms with Crippen LogP contribution in [0.2, 0.25) is 0 Å². The smallest absolute Gasteiger partial charge is 0.125 e. The second kappa shape index (κ2) is 30.4. The highest BCUT2D eigenvalue weighted by Crippen LogP contribution is 2.38. The van der Waals surface area contributed by atoms with Crippen molar-refractivity contribution in [1.82, 2.24) is 0 Å². The molecule has 0 saturated carbocycles. The third kappa shape index (κ3) is 23.1. The van der Waals surface area contributed by atoms with E-state index >= 15 is 0 Å². The molecule has 0 spiro atoms. The maximum Gasteiger partial charge on any atom is 0.125 e.